The van der Waals surface area contributed by atoms with Crippen LogP contribution in [0.15, 0.2) is 48.5 Å². The van der Waals surface area contributed by atoms with Crippen LogP contribution >= 0.6 is 0 Å². The second-order valence-corrected chi connectivity index (χ2v) is 3.16. The summed E-state index contributed by atoms with van der Waals surface area (Å²) in [5.41, 5.74) is 0. The molecule has 0 amide bonds. The number of methoxy groups -OCH3 is 2. The molecule has 2 nitrogen and oxygen atoms in total. The second-order valence-electron chi connectivity index (χ2n) is 3.16. The van der Waals surface area contributed by atoms with E-state index in [1.807, 2.05) is 55.4 Å². The minimum atomic E-state index is 1.31. The van der Waals surface area contributed by atoms with Crippen molar-refractivity contribution in [2.45, 2.75) is 55.4 Å². The van der Waals surface area contributed by atoms with Crippen LogP contribution in [0.1, 0.15) is 55.4 Å². The van der Waals surface area contributed by atoms with E-state index in [1.54, 1.807) is 28.4 Å². The predicted molar refractivity (Wildman–Crippen MR) is 115 cm³/mol. The van der Waals surface area contributed by atoms with Crippen molar-refractivity contribution < 1.29 is 9.47 Å². The predicted octanol–water partition coefficient (Wildman–Crippen LogP) is 7.47. The molecule has 0 spiro atoms. The fourth-order valence-corrected chi connectivity index (χ4v) is 1.13. The molecule has 0 fully saturated rings. The van der Waals surface area contributed by atoms with Gasteiger partial charge >= 0.3 is 0 Å². The molecule has 0 heterocycles. The van der Waals surface area contributed by atoms with Gasteiger partial charge in [-0.2, -0.15) is 0 Å². The Balaban J connectivity index is -0.0000000733. The van der Waals surface area contributed by atoms with E-state index < -0.39 is 0 Å². The molecular formula is C22H44O2. The normalized spacial score (nSPS) is 6.67. The minimum absolute atomic E-state index is 1.31. The number of hydrogen-bond donors (Lipinski definition) is 0. The molecule has 0 radical (unpaired) electrons. The summed E-state index contributed by atoms with van der Waals surface area (Å²) < 4.78 is 8.50. The maximum absolute atomic E-state index is 4.25. The monoisotopic (exact) mass is 340 g/mol. The molecule has 0 aliphatic heterocycles. The minimum Gasteiger partial charge on any atom is -0.388 e. The van der Waals surface area contributed by atoms with Gasteiger partial charge in [0.05, 0.1) is 0 Å². The molecule has 0 unspecified atom stereocenters. The van der Waals surface area contributed by atoms with Gasteiger partial charge in [0.2, 0.25) is 0 Å². The second kappa shape index (κ2) is 43.0. The summed E-state index contributed by atoms with van der Waals surface area (Å²) in [5, 5.41) is 2.62. The number of hydrogen-bond acceptors (Lipinski definition) is 2. The van der Waals surface area contributed by atoms with Crippen molar-refractivity contribution in [2.75, 3.05) is 28.4 Å². The van der Waals surface area contributed by atoms with E-state index in [4.69, 9.17) is 0 Å². The van der Waals surface area contributed by atoms with Gasteiger partial charge in [0.25, 0.3) is 0 Å². The van der Waals surface area contributed by atoms with E-state index in [1.165, 1.54) is 10.8 Å². The molecule has 0 bridgehead atoms. The highest BCUT2D eigenvalue weighted by Gasteiger charge is 1.85. The molecule has 2 rings (SSSR count). The first kappa shape index (κ1) is 34.1. The standard InChI is InChI=1S/C10H8.2C2H6O.4C2H6/c1-2-6-10-8-4-3-7-9(10)5-1;2*1-3-2;4*1-2/h1-8H;2*1-2H3;4*1-2H3. The van der Waals surface area contributed by atoms with Crippen molar-refractivity contribution >= 4 is 10.8 Å². The van der Waals surface area contributed by atoms with Gasteiger partial charge in [-0.3, -0.25) is 0 Å². The average Bonchev–Trinajstić information content (AvgIpc) is 2.69. The summed E-state index contributed by atoms with van der Waals surface area (Å²) in [6, 6.07) is 16.7. The van der Waals surface area contributed by atoms with Gasteiger partial charge in [-0.05, 0) is 10.8 Å². The Labute approximate surface area is 153 Å². The van der Waals surface area contributed by atoms with E-state index >= 15 is 0 Å². The smallest absolute Gasteiger partial charge is 0.0351 e. The van der Waals surface area contributed by atoms with Crippen LogP contribution in [0.25, 0.3) is 10.8 Å². The van der Waals surface area contributed by atoms with Crippen molar-refractivity contribution in [1.29, 1.82) is 0 Å². The van der Waals surface area contributed by atoms with Crippen LogP contribution in [0.3, 0.4) is 0 Å². The van der Waals surface area contributed by atoms with E-state index in [2.05, 4.69) is 58.0 Å². The van der Waals surface area contributed by atoms with Crippen LogP contribution in [0, 0.1) is 0 Å². The molecule has 0 saturated carbocycles. The first-order chi connectivity index (χ1) is 11.8. The maximum Gasteiger partial charge on any atom is 0.0351 e. The van der Waals surface area contributed by atoms with Crippen molar-refractivity contribution in [2.24, 2.45) is 0 Å². The van der Waals surface area contributed by atoms with Gasteiger partial charge in [-0.1, -0.05) is 104 Å². The molecule has 2 heteroatoms. The summed E-state index contributed by atoms with van der Waals surface area (Å²) in [6.07, 6.45) is 0. The summed E-state index contributed by atoms with van der Waals surface area (Å²) in [4.78, 5) is 0. The zero-order valence-corrected chi connectivity index (χ0v) is 18.4. The van der Waals surface area contributed by atoms with Crippen molar-refractivity contribution in [3.63, 3.8) is 0 Å². The molecule has 0 aromatic heterocycles. The largest absolute Gasteiger partial charge is 0.388 e. The van der Waals surface area contributed by atoms with Gasteiger partial charge in [-0.25, -0.2) is 0 Å². The average molecular weight is 341 g/mol. The zero-order chi connectivity index (χ0) is 20.2. The van der Waals surface area contributed by atoms with E-state index in [9.17, 15) is 0 Å². The topological polar surface area (TPSA) is 18.5 Å². The third kappa shape index (κ3) is 28.7. The number of ether oxygens (including phenoxy) is 2. The van der Waals surface area contributed by atoms with Gasteiger partial charge in [-0.15, -0.1) is 0 Å². The lowest BCUT2D eigenvalue weighted by Crippen LogP contribution is -1.67. The maximum atomic E-state index is 4.25. The van der Waals surface area contributed by atoms with Crippen LogP contribution in [0.4, 0.5) is 0 Å². The Bertz CT molecular complexity index is 305. The van der Waals surface area contributed by atoms with Gasteiger partial charge in [0, 0.05) is 28.4 Å². The van der Waals surface area contributed by atoms with Gasteiger partial charge in [0.1, 0.15) is 0 Å². The molecule has 144 valence electrons. The van der Waals surface area contributed by atoms with Crippen molar-refractivity contribution in [3.8, 4) is 0 Å². The van der Waals surface area contributed by atoms with Crippen molar-refractivity contribution in [3.05, 3.63) is 48.5 Å². The Morgan fingerprint density at radius 2 is 0.542 bits per heavy atom. The molecule has 0 aliphatic rings. The fourth-order valence-electron chi connectivity index (χ4n) is 1.13. The van der Waals surface area contributed by atoms with E-state index in [0.29, 0.717) is 0 Å². The SMILES string of the molecule is CC.CC.CC.CC.COC.COC.c1ccc2ccccc2c1. The summed E-state index contributed by atoms with van der Waals surface area (Å²) in [5.74, 6) is 0. The number of fused-ring (bicyclic) bond motifs is 1. The molecule has 2 aromatic rings. The number of rotatable bonds is 0. The van der Waals surface area contributed by atoms with Crippen LogP contribution in [0.5, 0.6) is 0 Å². The Hall–Kier alpha value is -1.38. The van der Waals surface area contributed by atoms with E-state index in [0.717, 1.165) is 0 Å². The highest BCUT2D eigenvalue weighted by molar-refractivity contribution is 5.81. The van der Waals surface area contributed by atoms with E-state index in [-0.39, 0.29) is 0 Å². The summed E-state index contributed by atoms with van der Waals surface area (Å²) in [6.45, 7) is 16.0. The highest BCUT2D eigenvalue weighted by atomic mass is 16.5. The fraction of sp³-hybridized carbons (Fsp3) is 0.545. The first-order valence-corrected chi connectivity index (χ1v) is 9.04. The van der Waals surface area contributed by atoms with Crippen LogP contribution in [0.2, 0.25) is 0 Å². The molecule has 24 heavy (non-hydrogen) atoms. The summed E-state index contributed by atoms with van der Waals surface area (Å²) >= 11 is 0. The Kier molecular flexibility index (Phi) is 61.0. The first-order valence-electron chi connectivity index (χ1n) is 9.04. The molecular weight excluding hydrogens is 296 g/mol. The van der Waals surface area contributed by atoms with Gasteiger partial charge in [0.15, 0.2) is 0 Å². The zero-order valence-electron chi connectivity index (χ0n) is 18.4. The molecule has 0 aliphatic carbocycles. The third-order valence-electron chi connectivity index (χ3n) is 1.66. The van der Waals surface area contributed by atoms with Crippen LogP contribution in [-0.4, -0.2) is 28.4 Å². The number of benzene rings is 2. The van der Waals surface area contributed by atoms with Crippen molar-refractivity contribution in [1.82, 2.24) is 0 Å². The molecule has 0 N–H and O–H groups in total. The van der Waals surface area contributed by atoms with Crippen LogP contribution in [-0.2, 0) is 9.47 Å². The quantitative estimate of drug-likeness (QED) is 0.495. The lowest BCUT2D eigenvalue weighted by Gasteiger charge is -1.92. The van der Waals surface area contributed by atoms with Gasteiger partial charge < -0.3 is 9.47 Å². The lowest BCUT2D eigenvalue weighted by molar-refractivity contribution is 0.277. The third-order valence-corrected chi connectivity index (χ3v) is 1.66. The summed E-state index contributed by atoms with van der Waals surface area (Å²) in [7, 11) is 6.50. The Morgan fingerprint density at radius 1 is 0.417 bits per heavy atom. The lowest BCUT2D eigenvalue weighted by atomic mass is 10.1. The highest BCUT2D eigenvalue weighted by Crippen LogP contribution is 2.11. The molecule has 2 aromatic carbocycles. The Morgan fingerprint density at radius 3 is 0.667 bits per heavy atom. The molecule has 0 atom stereocenters. The molecule has 0 saturated heterocycles. The van der Waals surface area contributed by atoms with Crippen LogP contribution < -0.4 is 0 Å².